The highest BCUT2D eigenvalue weighted by Gasteiger charge is 2.28. The Morgan fingerprint density at radius 2 is 1.81 bits per heavy atom. The van der Waals surface area contributed by atoms with Gasteiger partial charge < -0.3 is 4.90 Å². The van der Waals surface area contributed by atoms with Crippen LogP contribution in [-0.4, -0.2) is 47.1 Å². The summed E-state index contributed by atoms with van der Waals surface area (Å²) >= 11 is 1.50. The molecule has 2 aliphatic heterocycles. The molecule has 2 aliphatic rings. The minimum absolute atomic E-state index is 0.122. The van der Waals surface area contributed by atoms with Gasteiger partial charge in [-0.25, -0.2) is 0 Å². The molecule has 0 unspecified atom stereocenters. The Bertz CT molecular complexity index is 883. The zero-order valence-corrected chi connectivity index (χ0v) is 16.3. The highest BCUT2D eigenvalue weighted by atomic mass is 32.2. The number of carbonyl (C=O) groups excluding carboxylic acids is 1. The topological polar surface area (TPSA) is 35.9 Å². The van der Waals surface area contributed by atoms with Crippen LogP contribution in [0.2, 0.25) is 0 Å². The quantitative estimate of drug-likeness (QED) is 0.763. The summed E-state index contributed by atoms with van der Waals surface area (Å²) in [5.41, 5.74) is 3.59. The average molecular weight is 378 g/mol. The highest BCUT2D eigenvalue weighted by molar-refractivity contribution is 8.18. The maximum absolute atomic E-state index is 12.3. The summed E-state index contributed by atoms with van der Waals surface area (Å²) in [4.78, 5) is 22.0. The molecule has 4 rings (SSSR count). The van der Waals surface area contributed by atoms with Crippen molar-refractivity contribution in [3.05, 3.63) is 76.2 Å². The molecule has 0 saturated carbocycles. The lowest BCUT2D eigenvalue weighted by atomic mass is 10.1. The van der Waals surface area contributed by atoms with Crippen molar-refractivity contribution in [3.8, 4) is 0 Å². The van der Waals surface area contributed by atoms with Gasteiger partial charge in [-0.2, -0.15) is 4.99 Å². The summed E-state index contributed by atoms with van der Waals surface area (Å²) in [6.07, 6.45) is 1.95. The van der Waals surface area contributed by atoms with E-state index in [0.717, 1.165) is 43.5 Å². The molecule has 5 heteroatoms. The van der Waals surface area contributed by atoms with E-state index in [1.165, 1.54) is 22.9 Å². The standard InChI is InChI=1S/C22H23N3OS/c1-17-6-5-9-19(14-17)15-20-21(26)23-22(27-20)25-12-10-24(11-13-25)16-18-7-3-2-4-8-18/h2-9,14-15H,10-13,16H2,1H3/b20-15-. The number of thioether (sulfide) groups is 1. The molecule has 4 nitrogen and oxygen atoms in total. The zero-order chi connectivity index (χ0) is 18.6. The van der Waals surface area contributed by atoms with Gasteiger partial charge in [0.05, 0.1) is 4.91 Å². The minimum atomic E-state index is -0.122. The number of aryl methyl sites for hydroxylation is 1. The Kier molecular flexibility index (Phi) is 5.41. The van der Waals surface area contributed by atoms with Crippen LogP contribution in [0.5, 0.6) is 0 Å². The molecular formula is C22H23N3OS. The average Bonchev–Trinajstić information content (AvgIpc) is 3.04. The van der Waals surface area contributed by atoms with Crippen molar-refractivity contribution in [2.45, 2.75) is 13.5 Å². The largest absolute Gasteiger partial charge is 0.348 e. The zero-order valence-electron chi connectivity index (χ0n) is 15.5. The van der Waals surface area contributed by atoms with E-state index in [1.54, 1.807) is 0 Å². The van der Waals surface area contributed by atoms with Crippen molar-refractivity contribution in [1.29, 1.82) is 0 Å². The summed E-state index contributed by atoms with van der Waals surface area (Å²) in [5, 5.41) is 0.846. The van der Waals surface area contributed by atoms with Gasteiger partial charge in [0.1, 0.15) is 0 Å². The first-order valence-corrected chi connectivity index (χ1v) is 10.1. The van der Waals surface area contributed by atoms with E-state index >= 15 is 0 Å². The number of piperazine rings is 1. The van der Waals surface area contributed by atoms with Crippen LogP contribution in [0.1, 0.15) is 16.7 Å². The Balaban J connectivity index is 1.35. The lowest BCUT2D eigenvalue weighted by Crippen LogP contribution is -2.47. The third-order valence-electron chi connectivity index (χ3n) is 4.84. The molecule has 0 spiro atoms. The third kappa shape index (κ3) is 4.49. The molecule has 0 bridgehead atoms. The summed E-state index contributed by atoms with van der Waals surface area (Å²) in [5.74, 6) is -0.122. The van der Waals surface area contributed by atoms with Crippen LogP contribution >= 0.6 is 11.8 Å². The van der Waals surface area contributed by atoms with Gasteiger partial charge in [0, 0.05) is 32.7 Å². The summed E-state index contributed by atoms with van der Waals surface area (Å²) in [6, 6.07) is 18.7. The van der Waals surface area contributed by atoms with Crippen molar-refractivity contribution >= 4 is 28.9 Å². The summed E-state index contributed by atoms with van der Waals surface area (Å²) in [6.45, 7) is 6.82. The SMILES string of the molecule is Cc1cccc(/C=C2\SC(N3CCN(Cc4ccccc4)CC3)=NC2=O)c1. The van der Waals surface area contributed by atoms with Crippen molar-refractivity contribution in [2.75, 3.05) is 26.2 Å². The van der Waals surface area contributed by atoms with E-state index < -0.39 is 0 Å². The van der Waals surface area contributed by atoms with Crippen molar-refractivity contribution in [2.24, 2.45) is 4.99 Å². The van der Waals surface area contributed by atoms with Gasteiger partial charge in [-0.3, -0.25) is 9.69 Å². The first-order chi connectivity index (χ1) is 13.2. The molecule has 0 radical (unpaired) electrons. The first kappa shape index (κ1) is 18.0. The number of rotatable bonds is 3. The predicted octanol–water partition coefficient (Wildman–Crippen LogP) is 3.78. The molecule has 0 aliphatic carbocycles. The van der Waals surface area contributed by atoms with E-state index in [0.29, 0.717) is 4.91 Å². The fraction of sp³-hybridized carbons (Fsp3) is 0.273. The Labute approximate surface area is 164 Å². The Morgan fingerprint density at radius 1 is 1.04 bits per heavy atom. The van der Waals surface area contributed by atoms with Gasteiger partial charge in [0.2, 0.25) is 0 Å². The molecule has 2 aromatic carbocycles. The molecule has 0 aromatic heterocycles. The summed E-state index contributed by atoms with van der Waals surface area (Å²) in [7, 11) is 0. The van der Waals surface area contributed by atoms with E-state index in [4.69, 9.17) is 0 Å². The normalized spacial score (nSPS) is 19.6. The number of amidine groups is 1. The molecule has 1 amide bonds. The van der Waals surface area contributed by atoms with Crippen molar-refractivity contribution in [3.63, 3.8) is 0 Å². The van der Waals surface area contributed by atoms with Crippen LogP contribution in [0.4, 0.5) is 0 Å². The first-order valence-electron chi connectivity index (χ1n) is 9.28. The van der Waals surface area contributed by atoms with Crippen LogP contribution in [-0.2, 0) is 11.3 Å². The van der Waals surface area contributed by atoms with Gasteiger partial charge >= 0.3 is 0 Å². The second-order valence-corrected chi connectivity index (χ2v) is 7.98. The maximum atomic E-state index is 12.3. The van der Waals surface area contributed by atoms with E-state index in [9.17, 15) is 4.79 Å². The van der Waals surface area contributed by atoms with Crippen LogP contribution in [0.15, 0.2) is 64.5 Å². The molecule has 1 saturated heterocycles. The Morgan fingerprint density at radius 3 is 2.56 bits per heavy atom. The molecule has 27 heavy (non-hydrogen) atoms. The molecule has 2 heterocycles. The lowest BCUT2D eigenvalue weighted by Gasteiger charge is -2.35. The smallest absolute Gasteiger partial charge is 0.286 e. The predicted molar refractivity (Wildman–Crippen MR) is 112 cm³/mol. The number of hydrogen-bond acceptors (Lipinski definition) is 4. The Hall–Kier alpha value is -2.37. The van der Waals surface area contributed by atoms with Gasteiger partial charge in [-0.1, -0.05) is 60.2 Å². The summed E-state index contributed by atoms with van der Waals surface area (Å²) < 4.78 is 0. The minimum Gasteiger partial charge on any atom is -0.348 e. The van der Waals surface area contributed by atoms with Gasteiger partial charge in [-0.15, -0.1) is 0 Å². The van der Waals surface area contributed by atoms with Crippen LogP contribution in [0.3, 0.4) is 0 Å². The number of hydrogen-bond donors (Lipinski definition) is 0. The molecule has 2 aromatic rings. The fourth-order valence-electron chi connectivity index (χ4n) is 3.38. The maximum Gasteiger partial charge on any atom is 0.286 e. The molecular weight excluding hydrogens is 354 g/mol. The number of nitrogens with zero attached hydrogens (tertiary/aromatic N) is 3. The van der Waals surface area contributed by atoms with E-state index in [-0.39, 0.29) is 5.91 Å². The molecule has 1 fully saturated rings. The lowest BCUT2D eigenvalue weighted by molar-refractivity contribution is -0.113. The van der Waals surface area contributed by atoms with Crippen molar-refractivity contribution in [1.82, 2.24) is 9.80 Å². The van der Waals surface area contributed by atoms with Gasteiger partial charge in [0.15, 0.2) is 5.17 Å². The second-order valence-electron chi connectivity index (χ2n) is 6.97. The molecule has 138 valence electrons. The number of amides is 1. The third-order valence-corrected chi connectivity index (χ3v) is 5.89. The number of benzene rings is 2. The monoisotopic (exact) mass is 377 g/mol. The van der Waals surface area contributed by atoms with Crippen LogP contribution in [0, 0.1) is 6.92 Å². The fourth-order valence-corrected chi connectivity index (χ4v) is 4.35. The van der Waals surface area contributed by atoms with E-state index in [1.807, 2.05) is 18.2 Å². The molecule has 0 atom stereocenters. The number of aliphatic imine (C=N–C) groups is 1. The van der Waals surface area contributed by atoms with Crippen LogP contribution in [0.25, 0.3) is 6.08 Å². The number of carbonyl (C=O) groups is 1. The molecule has 0 N–H and O–H groups in total. The second kappa shape index (κ2) is 8.11. The van der Waals surface area contributed by atoms with Crippen molar-refractivity contribution < 1.29 is 4.79 Å². The van der Waals surface area contributed by atoms with Gasteiger partial charge in [-0.05, 0) is 35.9 Å². The highest BCUT2D eigenvalue weighted by Crippen LogP contribution is 2.30. The van der Waals surface area contributed by atoms with Gasteiger partial charge in [0.25, 0.3) is 5.91 Å². The van der Waals surface area contributed by atoms with Crippen LogP contribution < -0.4 is 0 Å². The van der Waals surface area contributed by atoms with E-state index in [2.05, 4.69) is 64.2 Å².